The lowest BCUT2D eigenvalue weighted by Crippen LogP contribution is -2.50. The molecule has 0 aromatic heterocycles. The van der Waals surface area contributed by atoms with Crippen LogP contribution < -0.4 is 4.90 Å². The molecule has 0 aliphatic carbocycles. The maximum Gasteiger partial charge on any atom is 0.251 e. The predicted octanol–water partition coefficient (Wildman–Crippen LogP) is 1.49. The van der Waals surface area contributed by atoms with E-state index >= 15 is 0 Å². The first-order valence-electron chi connectivity index (χ1n) is 6.84. The highest BCUT2D eigenvalue weighted by molar-refractivity contribution is 5.80. The fourth-order valence-corrected chi connectivity index (χ4v) is 2.62. The molecule has 4 heteroatoms. The Hall–Kier alpha value is -1.55. The molecule has 1 amide bonds. The number of nitrogens with zero attached hydrogens (tertiary/aromatic N) is 2. The zero-order valence-electron chi connectivity index (χ0n) is 11.6. The van der Waals surface area contributed by atoms with Crippen molar-refractivity contribution in [3.8, 4) is 0 Å². The molecule has 1 N–H and O–H groups in total. The van der Waals surface area contributed by atoms with Gasteiger partial charge >= 0.3 is 0 Å². The van der Waals surface area contributed by atoms with Crippen molar-refractivity contribution in [2.75, 3.05) is 25.0 Å². The molecule has 0 saturated carbocycles. The van der Waals surface area contributed by atoms with Crippen LogP contribution in [0.1, 0.15) is 19.8 Å². The van der Waals surface area contributed by atoms with Gasteiger partial charge in [-0.05, 0) is 31.9 Å². The van der Waals surface area contributed by atoms with Gasteiger partial charge in [-0.15, -0.1) is 0 Å². The number of piperidine rings is 1. The van der Waals surface area contributed by atoms with E-state index in [1.807, 2.05) is 18.2 Å². The maximum atomic E-state index is 11.8. The predicted molar refractivity (Wildman–Crippen MR) is 76.1 cm³/mol. The average Bonchev–Trinajstić information content (AvgIpc) is 2.46. The van der Waals surface area contributed by atoms with Crippen molar-refractivity contribution in [1.29, 1.82) is 0 Å². The van der Waals surface area contributed by atoms with Crippen molar-refractivity contribution in [1.82, 2.24) is 4.90 Å². The first kappa shape index (κ1) is 13.9. The molecule has 1 saturated heterocycles. The lowest BCUT2D eigenvalue weighted by atomic mass is 10.0. The summed E-state index contributed by atoms with van der Waals surface area (Å²) in [4.78, 5) is 15.8. The Morgan fingerprint density at radius 3 is 2.74 bits per heavy atom. The fraction of sp³-hybridized carbons (Fsp3) is 0.533. The number of hydrogen-bond donors (Lipinski definition) is 1. The third-order valence-electron chi connectivity index (χ3n) is 3.77. The van der Waals surface area contributed by atoms with Gasteiger partial charge in [0.15, 0.2) is 0 Å². The summed E-state index contributed by atoms with van der Waals surface area (Å²) in [5.41, 5.74) is 1.20. The van der Waals surface area contributed by atoms with Gasteiger partial charge in [-0.3, -0.25) is 4.79 Å². The van der Waals surface area contributed by atoms with Crippen LogP contribution in [0.2, 0.25) is 0 Å². The first-order valence-corrected chi connectivity index (χ1v) is 6.84. The molecule has 0 bridgehead atoms. The monoisotopic (exact) mass is 262 g/mol. The van der Waals surface area contributed by atoms with Gasteiger partial charge < -0.3 is 14.9 Å². The standard InChI is InChI=1S/C15H22N2O2/c1-12(18)15(19)16(2)14-9-6-10-17(11-14)13-7-4-3-5-8-13/h3-5,7-8,12,14,18H,6,9-11H2,1-2H3. The fourth-order valence-electron chi connectivity index (χ4n) is 2.62. The number of aliphatic hydroxyl groups is 1. The molecule has 1 aliphatic rings. The van der Waals surface area contributed by atoms with Crippen molar-refractivity contribution >= 4 is 11.6 Å². The third-order valence-corrected chi connectivity index (χ3v) is 3.77. The van der Waals surface area contributed by atoms with E-state index in [1.54, 1.807) is 11.9 Å². The van der Waals surface area contributed by atoms with Gasteiger partial charge in [-0.2, -0.15) is 0 Å². The highest BCUT2D eigenvalue weighted by atomic mass is 16.3. The summed E-state index contributed by atoms with van der Waals surface area (Å²) in [6.07, 6.45) is 1.15. The lowest BCUT2D eigenvalue weighted by Gasteiger charge is -2.39. The molecule has 1 fully saturated rings. The molecular formula is C15H22N2O2. The number of anilines is 1. The number of aliphatic hydroxyl groups excluding tert-OH is 1. The minimum atomic E-state index is -0.919. The largest absolute Gasteiger partial charge is 0.384 e. The molecule has 1 aliphatic heterocycles. The van der Waals surface area contributed by atoms with Crippen molar-refractivity contribution in [2.24, 2.45) is 0 Å². The van der Waals surface area contributed by atoms with E-state index in [0.717, 1.165) is 25.9 Å². The summed E-state index contributed by atoms with van der Waals surface area (Å²) in [6, 6.07) is 10.4. The Labute approximate surface area is 114 Å². The SMILES string of the molecule is CC(O)C(=O)N(C)C1CCCN(c2ccccc2)C1. The Kier molecular flexibility index (Phi) is 4.43. The van der Waals surface area contributed by atoms with Crippen LogP contribution in [0.5, 0.6) is 0 Å². The third kappa shape index (κ3) is 3.26. The highest BCUT2D eigenvalue weighted by Crippen LogP contribution is 2.22. The molecule has 0 radical (unpaired) electrons. The number of likely N-dealkylation sites (N-methyl/N-ethyl adjacent to an activating group) is 1. The Balaban J connectivity index is 2.03. The number of para-hydroxylation sites is 1. The summed E-state index contributed by atoms with van der Waals surface area (Å²) >= 11 is 0. The lowest BCUT2D eigenvalue weighted by molar-refractivity contribution is -0.140. The van der Waals surface area contributed by atoms with E-state index in [1.165, 1.54) is 12.6 Å². The molecule has 2 rings (SSSR count). The summed E-state index contributed by atoms with van der Waals surface area (Å²) in [7, 11) is 1.79. The quantitative estimate of drug-likeness (QED) is 0.897. The maximum absolute atomic E-state index is 11.8. The van der Waals surface area contributed by atoms with Crippen LogP contribution in [0.25, 0.3) is 0 Å². The van der Waals surface area contributed by atoms with Crippen molar-refractivity contribution in [2.45, 2.75) is 31.9 Å². The number of benzene rings is 1. The highest BCUT2D eigenvalue weighted by Gasteiger charge is 2.27. The number of rotatable bonds is 3. The molecule has 2 atom stereocenters. The van der Waals surface area contributed by atoms with Gasteiger partial charge in [-0.25, -0.2) is 0 Å². The van der Waals surface area contributed by atoms with Gasteiger partial charge in [0.25, 0.3) is 5.91 Å². The molecule has 4 nitrogen and oxygen atoms in total. The van der Waals surface area contributed by atoms with Crippen LogP contribution in [0, 0.1) is 0 Å². The van der Waals surface area contributed by atoms with Gasteiger partial charge in [0.2, 0.25) is 0 Å². The van der Waals surface area contributed by atoms with Crippen molar-refractivity contribution in [3.63, 3.8) is 0 Å². The van der Waals surface area contributed by atoms with Crippen LogP contribution in [-0.2, 0) is 4.79 Å². The molecule has 2 unspecified atom stereocenters. The summed E-state index contributed by atoms with van der Waals surface area (Å²) in [5.74, 6) is -0.195. The number of carbonyl (C=O) groups is 1. The first-order chi connectivity index (χ1) is 9.09. The molecule has 104 valence electrons. The summed E-state index contributed by atoms with van der Waals surface area (Å²) in [6.45, 7) is 3.38. The van der Waals surface area contributed by atoms with E-state index in [9.17, 15) is 9.90 Å². The van der Waals surface area contributed by atoms with Crippen LogP contribution in [0.3, 0.4) is 0 Å². The van der Waals surface area contributed by atoms with Gasteiger partial charge in [0.1, 0.15) is 6.10 Å². The minimum absolute atomic E-state index is 0.177. The second-order valence-corrected chi connectivity index (χ2v) is 5.20. The zero-order chi connectivity index (χ0) is 13.8. The molecule has 0 spiro atoms. The molecule has 1 aromatic carbocycles. The number of carbonyl (C=O) groups excluding carboxylic acids is 1. The molecule has 1 heterocycles. The van der Waals surface area contributed by atoms with Crippen molar-refractivity contribution in [3.05, 3.63) is 30.3 Å². The van der Waals surface area contributed by atoms with E-state index in [2.05, 4.69) is 17.0 Å². The molecular weight excluding hydrogens is 240 g/mol. The van der Waals surface area contributed by atoms with E-state index in [-0.39, 0.29) is 11.9 Å². The average molecular weight is 262 g/mol. The smallest absolute Gasteiger partial charge is 0.251 e. The van der Waals surface area contributed by atoms with E-state index in [4.69, 9.17) is 0 Å². The Bertz CT molecular complexity index is 419. The number of amides is 1. The normalized spacial score (nSPS) is 21.0. The van der Waals surface area contributed by atoms with Crippen LogP contribution in [0.4, 0.5) is 5.69 Å². The second kappa shape index (κ2) is 6.06. The van der Waals surface area contributed by atoms with E-state index < -0.39 is 6.10 Å². The number of hydrogen-bond acceptors (Lipinski definition) is 3. The Morgan fingerprint density at radius 2 is 2.11 bits per heavy atom. The minimum Gasteiger partial charge on any atom is -0.384 e. The molecule has 19 heavy (non-hydrogen) atoms. The van der Waals surface area contributed by atoms with Crippen LogP contribution in [-0.4, -0.2) is 48.2 Å². The van der Waals surface area contributed by atoms with Gasteiger partial charge in [0.05, 0.1) is 0 Å². The second-order valence-electron chi connectivity index (χ2n) is 5.20. The van der Waals surface area contributed by atoms with Gasteiger partial charge in [-0.1, -0.05) is 18.2 Å². The van der Waals surface area contributed by atoms with E-state index in [0.29, 0.717) is 0 Å². The Morgan fingerprint density at radius 1 is 1.42 bits per heavy atom. The molecule has 1 aromatic rings. The van der Waals surface area contributed by atoms with Gasteiger partial charge in [0, 0.05) is 31.9 Å². The topological polar surface area (TPSA) is 43.8 Å². The van der Waals surface area contributed by atoms with Crippen molar-refractivity contribution < 1.29 is 9.90 Å². The van der Waals surface area contributed by atoms with Crippen LogP contribution >= 0.6 is 0 Å². The summed E-state index contributed by atoms with van der Waals surface area (Å²) in [5, 5.41) is 9.40. The zero-order valence-corrected chi connectivity index (χ0v) is 11.6. The van der Waals surface area contributed by atoms with Crippen LogP contribution in [0.15, 0.2) is 30.3 Å². The summed E-state index contributed by atoms with van der Waals surface area (Å²) < 4.78 is 0.